The van der Waals surface area contributed by atoms with Crippen molar-refractivity contribution in [3.05, 3.63) is 108 Å². The Morgan fingerprint density at radius 2 is 0.986 bits per heavy atom. The van der Waals surface area contributed by atoms with Crippen LogP contribution in [0.4, 0.5) is 4.79 Å². The van der Waals surface area contributed by atoms with Crippen molar-refractivity contribution in [2.45, 2.75) is 224 Å². The Morgan fingerprint density at radius 1 is 0.565 bits per heavy atom. The van der Waals surface area contributed by atoms with E-state index in [1.54, 1.807) is 4.90 Å². The van der Waals surface area contributed by atoms with Crippen molar-refractivity contribution in [2.24, 2.45) is 11.5 Å². The zero-order chi connectivity index (χ0) is 49.0. The second-order valence-electron chi connectivity index (χ2n) is 19.8. The minimum atomic E-state index is -0.970. The molecule has 4 atom stereocenters. The van der Waals surface area contributed by atoms with Gasteiger partial charge in [-0.2, -0.15) is 0 Å². The maximum Gasteiger partial charge on any atom is 0.405 e. The fourth-order valence-electron chi connectivity index (χ4n) is 9.97. The maximum absolute atomic E-state index is 14.1. The highest BCUT2D eigenvalue weighted by Gasteiger charge is 2.40. The molecule has 8 heteroatoms. The van der Waals surface area contributed by atoms with E-state index < -0.39 is 12.2 Å². The van der Waals surface area contributed by atoms with Crippen LogP contribution in [-0.4, -0.2) is 67.6 Å². The maximum atomic E-state index is 14.1. The number of rotatable bonds is 40. The number of hydrogen-bond donors (Lipinski definition) is 2. The Kier molecular flexibility index (Phi) is 30.8. The fraction of sp³-hybridized carbons (Fsp3) is 0.639. The van der Waals surface area contributed by atoms with Gasteiger partial charge >= 0.3 is 6.09 Å². The van der Waals surface area contributed by atoms with Crippen LogP contribution < -0.4 is 11.5 Å². The zero-order valence-electron chi connectivity index (χ0n) is 43.4. The van der Waals surface area contributed by atoms with Gasteiger partial charge in [0.05, 0.1) is 0 Å². The molecular formula is C61H95N3O5. The summed E-state index contributed by atoms with van der Waals surface area (Å²) < 4.78 is 18.5. The number of unbranched alkanes of at least 4 members (excludes halogenated alkanes) is 18. The first-order chi connectivity index (χ1) is 33.9. The van der Waals surface area contributed by atoms with Gasteiger partial charge in [-0.25, -0.2) is 4.79 Å². The van der Waals surface area contributed by atoms with E-state index >= 15 is 0 Å². The summed E-state index contributed by atoms with van der Waals surface area (Å²) in [5, 5.41) is 0. The summed E-state index contributed by atoms with van der Waals surface area (Å²) >= 11 is 0. The standard InChI is InChI=1S/C61H95N3O5/c1-3-5-7-9-11-13-15-17-19-21-23-25-27-29-31-37-46-67-58-49-64(50-59(58)68-47-38-32-30-28-26-24-22-20-18-16-14-12-10-8-6-4-2)60(65)57(69-61(63)66)45-39-40-51(62)48-56-54-43-35-33-41-52(54)53-42-34-36-44-55(53)56/h11-14,17-20,33-36,41-44,51,56-59H,3-10,15-16,21-32,37-40,45-50,62H2,1-2H3,(H2,63,66)/b13-11-,14-12-,19-17-,20-18-. The number of carbonyl (C=O) groups is 2. The topological polar surface area (TPSA) is 117 Å². The van der Waals surface area contributed by atoms with Gasteiger partial charge in [-0.05, 0) is 125 Å². The molecule has 0 saturated carbocycles. The molecule has 0 bridgehead atoms. The van der Waals surface area contributed by atoms with Gasteiger partial charge in [-0.3, -0.25) is 4.79 Å². The van der Waals surface area contributed by atoms with Crippen molar-refractivity contribution in [2.75, 3.05) is 26.3 Å². The molecule has 384 valence electrons. The van der Waals surface area contributed by atoms with Gasteiger partial charge in [0, 0.05) is 38.3 Å². The quantitative estimate of drug-likeness (QED) is 0.0508. The van der Waals surface area contributed by atoms with E-state index in [9.17, 15) is 9.59 Å². The molecule has 4 rings (SSSR count). The fourth-order valence-corrected chi connectivity index (χ4v) is 9.97. The van der Waals surface area contributed by atoms with Gasteiger partial charge in [0.15, 0.2) is 6.10 Å². The Morgan fingerprint density at radius 3 is 1.43 bits per heavy atom. The molecule has 2 amide bonds. The van der Waals surface area contributed by atoms with Crippen LogP contribution in [0.5, 0.6) is 0 Å². The lowest BCUT2D eigenvalue weighted by Gasteiger charge is -2.24. The number of fused-ring (bicyclic) bond motifs is 3. The third-order valence-corrected chi connectivity index (χ3v) is 14.0. The van der Waals surface area contributed by atoms with Crippen molar-refractivity contribution < 1.29 is 23.8 Å². The molecule has 1 aliphatic heterocycles. The molecule has 4 unspecified atom stereocenters. The third-order valence-electron chi connectivity index (χ3n) is 14.0. The largest absolute Gasteiger partial charge is 0.436 e. The first kappa shape index (κ1) is 57.6. The van der Waals surface area contributed by atoms with Gasteiger partial charge in [0.25, 0.3) is 5.91 Å². The summed E-state index contributed by atoms with van der Waals surface area (Å²) in [6.07, 6.45) is 47.4. The van der Waals surface area contributed by atoms with E-state index in [0.29, 0.717) is 45.6 Å². The lowest BCUT2D eigenvalue weighted by atomic mass is 9.88. The lowest BCUT2D eigenvalue weighted by Crippen LogP contribution is -2.42. The van der Waals surface area contributed by atoms with Crippen LogP contribution >= 0.6 is 0 Å². The molecule has 0 spiro atoms. The van der Waals surface area contributed by atoms with Crippen molar-refractivity contribution >= 4 is 12.0 Å². The predicted molar refractivity (Wildman–Crippen MR) is 289 cm³/mol. The third kappa shape index (κ3) is 23.7. The summed E-state index contributed by atoms with van der Waals surface area (Å²) in [6, 6.07) is 17.1. The SMILES string of the molecule is CCCCC/C=C\C/C=C\CCCCCCCCOC1CN(C(=O)C(CCCC(N)CC2c3ccccc3-c3ccccc32)OC(N)=O)CC1OCCCCCCCC/C=C\C/C=C\CCCCC. The number of benzene rings is 2. The average Bonchev–Trinajstić information content (AvgIpc) is 3.91. The number of ether oxygens (including phenoxy) is 3. The molecule has 1 heterocycles. The molecule has 69 heavy (non-hydrogen) atoms. The molecule has 2 aromatic rings. The van der Waals surface area contributed by atoms with Gasteiger partial charge in [0.2, 0.25) is 0 Å². The highest BCUT2D eigenvalue weighted by Crippen LogP contribution is 2.46. The number of amides is 2. The van der Waals surface area contributed by atoms with Crippen molar-refractivity contribution in [1.82, 2.24) is 4.90 Å². The molecule has 4 N–H and O–H groups in total. The smallest absolute Gasteiger partial charge is 0.405 e. The number of primary amides is 1. The van der Waals surface area contributed by atoms with Crippen LogP contribution in [0, 0.1) is 0 Å². The van der Waals surface area contributed by atoms with Crippen LogP contribution in [0.1, 0.15) is 211 Å². The zero-order valence-corrected chi connectivity index (χ0v) is 43.4. The summed E-state index contributed by atoms with van der Waals surface area (Å²) in [4.78, 5) is 28.0. The number of likely N-dealkylation sites (tertiary alicyclic amines) is 1. The summed E-state index contributed by atoms with van der Waals surface area (Å²) in [6.45, 7) is 6.60. The summed E-state index contributed by atoms with van der Waals surface area (Å²) in [5.41, 5.74) is 17.5. The van der Waals surface area contributed by atoms with Crippen molar-refractivity contribution in [1.29, 1.82) is 0 Å². The molecular weight excluding hydrogens is 855 g/mol. The van der Waals surface area contributed by atoms with Crippen LogP contribution in [0.3, 0.4) is 0 Å². The van der Waals surface area contributed by atoms with Crippen LogP contribution in [0.25, 0.3) is 11.1 Å². The van der Waals surface area contributed by atoms with E-state index in [0.717, 1.165) is 57.8 Å². The van der Waals surface area contributed by atoms with E-state index in [1.807, 2.05) is 0 Å². The number of hydrogen-bond acceptors (Lipinski definition) is 6. The highest BCUT2D eigenvalue weighted by molar-refractivity contribution is 5.83. The Labute approximate surface area is 420 Å². The second kappa shape index (κ2) is 36.9. The molecule has 0 aromatic heterocycles. The minimum Gasteiger partial charge on any atom is -0.436 e. The summed E-state index contributed by atoms with van der Waals surface area (Å²) in [7, 11) is 0. The van der Waals surface area contributed by atoms with E-state index in [2.05, 4.69) is 111 Å². The van der Waals surface area contributed by atoms with Crippen LogP contribution in [-0.2, 0) is 19.0 Å². The molecule has 2 aliphatic rings. The number of nitrogens with zero attached hydrogens (tertiary/aromatic N) is 1. The van der Waals surface area contributed by atoms with E-state index in [4.69, 9.17) is 25.7 Å². The number of nitrogens with two attached hydrogens (primary N) is 2. The van der Waals surface area contributed by atoms with Gasteiger partial charge < -0.3 is 30.6 Å². The van der Waals surface area contributed by atoms with E-state index in [-0.39, 0.29) is 30.1 Å². The van der Waals surface area contributed by atoms with Gasteiger partial charge in [-0.1, -0.05) is 188 Å². The second-order valence-corrected chi connectivity index (χ2v) is 19.8. The molecule has 1 aliphatic carbocycles. The Balaban J connectivity index is 1.18. The monoisotopic (exact) mass is 950 g/mol. The molecule has 1 fully saturated rings. The number of allylic oxidation sites excluding steroid dienone is 8. The van der Waals surface area contributed by atoms with Crippen molar-refractivity contribution in [3.63, 3.8) is 0 Å². The molecule has 1 saturated heterocycles. The number of carbonyl (C=O) groups excluding carboxylic acids is 2. The normalized spacial score (nSPS) is 16.9. The Hall–Kier alpha value is -3.98. The van der Waals surface area contributed by atoms with Crippen molar-refractivity contribution in [3.8, 4) is 11.1 Å². The Bertz CT molecular complexity index is 1680. The molecule has 8 nitrogen and oxygen atoms in total. The first-order valence-electron chi connectivity index (χ1n) is 27.9. The summed E-state index contributed by atoms with van der Waals surface area (Å²) in [5.74, 6) is -0.00142. The van der Waals surface area contributed by atoms with Crippen LogP contribution in [0.15, 0.2) is 97.1 Å². The van der Waals surface area contributed by atoms with E-state index in [1.165, 1.54) is 125 Å². The minimum absolute atomic E-state index is 0.0833. The first-order valence-corrected chi connectivity index (χ1v) is 27.9. The highest BCUT2D eigenvalue weighted by atomic mass is 16.6. The average molecular weight is 950 g/mol. The molecule has 2 aromatic carbocycles. The van der Waals surface area contributed by atoms with Gasteiger partial charge in [-0.15, -0.1) is 0 Å². The van der Waals surface area contributed by atoms with Crippen LogP contribution in [0.2, 0.25) is 0 Å². The van der Waals surface area contributed by atoms with Gasteiger partial charge in [0.1, 0.15) is 12.2 Å². The lowest BCUT2D eigenvalue weighted by molar-refractivity contribution is -0.140. The predicted octanol–water partition coefficient (Wildman–Crippen LogP) is 15.4. The molecule has 0 radical (unpaired) electrons.